The van der Waals surface area contributed by atoms with Gasteiger partial charge in [-0.05, 0) is 60.4 Å². The van der Waals surface area contributed by atoms with E-state index < -0.39 is 12.2 Å². The van der Waals surface area contributed by atoms with Crippen LogP contribution in [0.3, 0.4) is 0 Å². The number of fused-ring (bicyclic) bond motifs is 1. The van der Waals surface area contributed by atoms with Gasteiger partial charge in [0.05, 0.1) is 19.8 Å². The molecule has 3 aromatic rings. The number of aryl methyl sites for hydroxylation is 1. The zero-order chi connectivity index (χ0) is 26.0. The molecule has 0 spiro atoms. The molecule has 37 heavy (non-hydrogen) atoms. The third-order valence-corrected chi connectivity index (χ3v) is 5.90. The van der Waals surface area contributed by atoms with Crippen molar-refractivity contribution in [3.63, 3.8) is 0 Å². The summed E-state index contributed by atoms with van der Waals surface area (Å²) in [5.74, 6) is 0.731. The second-order valence-corrected chi connectivity index (χ2v) is 8.67. The molecule has 0 bridgehead atoms. The van der Waals surface area contributed by atoms with Crippen LogP contribution in [0.25, 0.3) is 11.1 Å². The molecule has 2 aliphatic heterocycles. The maximum Gasteiger partial charge on any atom is 0.586 e. The quantitative estimate of drug-likeness (QED) is 0.489. The van der Waals surface area contributed by atoms with Crippen LogP contribution in [0.2, 0.25) is 0 Å². The molecular formula is C26H26F2N4O5. The number of nitrogens with zero attached hydrogens (tertiary/aromatic N) is 3. The molecule has 0 radical (unpaired) electrons. The van der Waals surface area contributed by atoms with Crippen molar-refractivity contribution >= 4 is 17.5 Å². The number of pyridine rings is 2. The molecule has 1 N–H and O–H groups in total. The molecule has 194 valence electrons. The van der Waals surface area contributed by atoms with E-state index in [1.54, 1.807) is 12.3 Å². The van der Waals surface area contributed by atoms with Crippen molar-refractivity contribution in [1.29, 1.82) is 0 Å². The number of benzene rings is 1. The smallest absolute Gasteiger partial charge is 0.478 e. The normalized spacial score (nSPS) is 15.9. The van der Waals surface area contributed by atoms with Gasteiger partial charge in [0.1, 0.15) is 11.6 Å². The average Bonchev–Trinajstić information content (AvgIpc) is 3.21. The summed E-state index contributed by atoms with van der Waals surface area (Å²) in [5.41, 5.74) is 2.72. The zero-order valence-electron chi connectivity index (χ0n) is 20.4. The van der Waals surface area contributed by atoms with Crippen LogP contribution in [0.1, 0.15) is 29.3 Å². The highest BCUT2D eigenvalue weighted by atomic mass is 19.3. The largest absolute Gasteiger partial charge is 0.586 e. The molecule has 0 unspecified atom stereocenters. The fraction of sp³-hybridized carbons (Fsp3) is 0.346. The van der Waals surface area contributed by atoms with Gasteiger partial charge in [0, 0.05) is 30.9 Å². The Morgan fingerprint density at radius 2 is 1.92 bits per heavy atom. The van der Waals surface area contributed by atoms with Gasteiger partial charge in [-0.25, -0.2) is 4.98 Å². The Morgan fingerprint density at radius 3 is 2.70 bits per heavy atom. The van der Waals surface area contributed by atoms with Gasteiger partial charge in [-0.2, -0.15) is 4.98 Å². The van der Waals surface area contributed by atoms with Crippen LogP contribution in [0.5, 0.6) is 17.4 Å². The Hall–Kier alpha value is -3.99. The summed E-state index contributed by atoms with van der Waals surface area (Å²) in [6, 6.07) is 9.46. The molecule has 0 atom stereocenters. The van der Waals surface area contributed by atoms with Crippen molar-refractivity contribution in [2.45, 2.75) is 26.6 Å². The van der Waals surface area contributed by atoms with E-state index in [1.807, 2.05) is 26.0 Å². The summed E-state index contributed by atoms with van der Waals surface area (Å²) in [6.07, 6.45) is -1.25. The molecule has 1 amide bonds. The van der Waals surface area contributed by atoms with Crippen molar-refractivity contribution < 1.29 is 32.5 Å². The van der Waals surface area contributed by atoms with E-state index in [0.29, 0.717) is 31.5 Å². The van der Waals surface area contributed by atoms with Gasteiger partial charge in [-0.1, -0.05) is 6.92 Å². The summed E-state index contributed by atoms with van der Waals surface area (Å²) < 4.78 is 46.8. The summed E-state index contributed by atoms with van der Waals surface area (Å²) >= 11 is 0. The summed E-state index contributed by atoms with van der Waals surface area (Å²) in [5, 5.41) is 2.73. The molecule has 1 aromatic carbocycles. The number of aromatic nitrogens is 2. The number of carbonyl (C=O) groups excluding carboxylic acids is 1. The molecule has 9 nitrogen and oxygen atoms in total. The zero-order valence-corrected chi connectivity index (χ0v) is 20.4. The lowest BCUT2D eigenvalue weighted by molar-refractivity contribution is -0.286. The first kappa shape index (κ1) is 24.7. The molecule has 5 rings (SSSR count). The van der Waals surface area contributed by atoms with Crippen molar-refractivity contribution in [1.82, 2.24) is 9.97 Å². The van der Waals surface area contributed by atoms with Gasteiger partial charge in [-0.15, -0.1) is 8.78 Å². The Kier molecular flexibility index (Phi) is 6.79. The van der Waals surface area contributed by atoms with Crippen molar-refractivity contribution in [3.05, 3.63) is 53.7 Å². The SMILES string of the molecule is CCCOc1cc(-c2cc(NC(=O)c3ccc4c(c3)OC(F)(F)O4)ncc2C)cc(N2CCOCC2)n1. The number of carbonyl (C=O) groups is 1. The number of amides is 1. The van der Waals surface area contributed by atoms with Gasteiger partial charge in [0.2, 0.25) is 5.88 Å². The number of anilines is 2. The van der Waals surface area contributed by atoms with Crippen LogP contribution in [-0.4, -0.2) is 55.1 Å². The van der Waals surface area contributed by atoms with Crippen LogP contribution in [-0.2, 0) is 4.74 Å². The molecule has 2 aromatic heterocycles. The summed E-state index contributed by atoms with van der Waals surface area (Å²) in [4.78, 5) is 24.0. The highest BCUT2D eigenvalue weighted by Gasteiger charge is 2.43. The topological polar surface area (TPSA) is 95.0 Å². The Balaban J connectivity index is 1.42. The maximum atomic E-state index is 13.3. The van der Waals surface area contributed by atoms with Crippen molar-refractivity contribution in [3.8, 4) is 28.5 Å². The highest BCUT2D eigenvalue weighted by molar-refractivity contribution is 6.04. The molecule has 1 fully saturated rings. The lowest BCUT2D eigenvalue weighted by atomic mass is 10.0. The number of nitrogens with one attached hydrogen (secondary N) is 1. The molecular weight excluding hydrogens is 486 g/mol. The monoisotopic (exact) mass is 512 g/mol. The minimum atomic E-state index is -3.75. The van der Waals surface area contributed by atoms with E-state index in [4.69, 9.17) is 9.47 Å². The average molecular weight is 513 g/mol. The first-order valence-electron chi connectivity index (χ1n) is 12.0. The Morgan fingerprint density at radius 1 is 1.14 bits per heavy atom. The van der Waals surface area contributed by atoms with E-state index in [1.165, 1.54) is 18.2 Å². The van der Waals surface area contributed by atoms with Gasteiger partial charge >= 0.3 is 6.29 Å². The van der Waals surface area contributed by atoms with E-state index in [-0.39, 0.29) is 17.1 Å². The third kappa shape index (κ3) is 5.56. The van der Waals surface area contributed by atoms with E-state index in [0.717, 1.165) is 42.0 Å². The predicted molar refractivity (Wildman–Crippen MR) is 132 cm³/mol. The Bertz CT molecular complexity index is 1310. The van der Waals surface area contributed by atoms with Crippen LogP contribution in [0.4, 0.5) is 20.4 Å². The maximum absolute atomic E-state index is 13.3. The van der Waals surface area contributed by atoms with E-state index >= 15 is 0 Å². The number of ether oxygens (including phenoxy) is 4. The van der Waals surface area contributed by atoms with Gasteiger partial charge in [-0.3, -0.25) is 4.79 Å². The van der Waals surface area contributed by atoms with Crippen LogP contribution in [0.15, 0.2) is 42.6 Å². The summed E-state index contributed by atoms with van der Waals surface area (Å²) in [7, 11) is 0. The van der Waals surface area contributed by atoms with Crippen molar-refractivity contribution in [2.24, 2.45) is 0 Å². The molecule has 2 aliphatic rings. The number of morpholine rings is 1. The fourth-order valence-electron chi connectivity index (χ4n) is 4.06. The number of halogens is 2. The number of hydrogen-bond acceptors (Lipinski definition) is 8. The molecule has 11 heteroatoms. The first-order chi connectivity index (χ1) is 17.8. The van der Waals surface area contributed by atoms with Crippen LogP contribution >= 0.6 is 0 Å². The van der Waals surface area contributed by atoms with E-state index in [2.05, 4.69) is 29.7 Å². The highest BCUT2D eigenvalue weighted by Crippen LogP contribution is 2.41. The van der Waals surface area contributed by atoms with Gasteiger partial charge in [0.25, 0.3) is 5.91 Å². The first-order valence-corrected chi connectivity index (χ1v) is 12.0. The van der Waals surface area contributed by atoms with Gasteiger partial charge < -0.3 is 29.2 Å². The van der Waals surface area contributed by atoms with Crippen LogP contribution in [0, 0.1) is 6.92 Å². The van der Waals surface area contributed by atoms with E-state index in [9.17, 15) is 13.6 Å². The predicted octanol–water partition coefficient (Wildman–Crippen LogP) is 4.65. The second kappa shape index (κ2) is 10.2. The molecule has 4 heterocycles. The Labute approximate surface area is 212 Å². The lowest BCUT2D eigenvalue weighted by Gasteiger charge is -2.28. The number of rotatable bonds is 7. The second-order valence-electron chi connectivity index (χ2n) is 8.67. The molecule has 0 aliphatic carbocycles. The van der Waals surface area contributed by atoms with Crippen LogP contribution < -0.4 is 24.4 Å². The lowest BCUT2D eigenvalue weighted by Crippen LogP contribution is -2.36. The molecule has 1 saturated heterocycles. The van der Waals surface area contributed by atoms with Crippen molar-refractivity contribution in [2.75, 3.05) is 43.1 Å². The molecule has 0 saturated carbocycles. The number of hydrogen-bond donors (Lipinski definition) is 1. The third-order valence-electron chi connectivity index (χ3n) is 5.90. The number of alkyl halides is 2. The minimum absolute atomic E-state index is 0.123. The van der Waals surface area contributed by atoms with Gasteiger partial charge in [0.15, 0.2) is 11.5 Å². The minimum Gasteiger partial charge on any atom is -0.478 e. The standard InChI is InChI=1S/C26H26F2N4O5/c1-3-8-35-24-13-18(12-23(31-24)32-6-9-34-10-7-32)19-14-22(29-15-16(19)2)30-25(33)17-4-5-20-21(11-17)37-26(27,28)36-20/h4-5,11-15H,3,6-10H2,1-2H3,(H,29,30,33). The fourth-order valence-corrected chi connectivity index (χ4v) is 4.06. The summed E-state index contributed by atoms with van der Waals surface area (Å²) in [6.45, 7) is 7.19.